The number of rotatable bonds is 4. The van der Waals surface area contributed by atoms with E-state index in [0.29, 0.717) is 25.9 Å². The van der Waals surface area contributed by atoms with E-state index >= 15 is 0 Å². The van der Waals surface area contributed by atoms with Crippen LogP contribution in [0.3, 0.4) is 0 Å². The average molecular weight is 288 g/mol. The zero-order valence-corrected chi connectivity index (χ0v) is 12.0. The van der Waals surface area contributed by atoms with E-state index in [4.69, 9.17) is 0 Å². The summed E-state index contributed by atoms with van der Waals surface area (Å²) < 4.78 is 0. The van der Waals surface area contributed by atoms with Crippen molar-refractivity contribution >= 4 is 11.9 Å². The number of hydrogen-bond acceptors (Lipinski definition) is 3. The molecule has 2 aliphatic rings. The molecular weight excluding hydrogens is 268 g/mol. The lowest BCUT2D eigenvalue weighted by Gasteiger charge is -2.36. The molecule has 2 fully saturated rings. The van der Waals surface area contributed by atoms with Gasteiger partial charge in [-0.2, -0.15) is 0 Å². The van der Waals surface area contributed by atoms with Crippen LogP contribution < -0.4 is 0 Å². The van der Waals surface area contributed by atoms with Crippen molar-refractivity contribution < 1.29 is 14.7 Å². The lowest BCUT2D eigenvalue weighted by molar-refractivity contribution is -0.154. The highest BCUT2D eigenvalue weighted by Gasteiger charge is 2.58. The maximum atomic E-state index is 12.3. The van der Waals surface area contributed by atoms with Crippen LogP contribution in [0.15, 0.2) is 30.3 Å². The van der Waals surface area contributed by atoms with Gasteiger partial charge in [-0.05, 0) is 18.4 Å². The van der Waals surface area contributed by atoms with Gasteiger partial charge in [0.05, 0.1) is 0 Å². The number of carboxylic acid groups (broad SMARTS) is 1. The smallest absolute Gasteiger partial charge is 0.319 e. The first-order chi connectivity index (χ1) is 10.1. The van der Waals surface area contributed by atoms with Crippen LogP contribution >= 0.6 is 0 Å². The number of aliphatic carboxylic acids is 1. The zero-order valence-electron chi connectivity index (χ0n) is 12.0. The normalized spacial score (nSPS) is 21.0. The van der Waals surface area contributed by atoms with Gasteiger partial charge in [0.2, 0.25) is 5.91 Å². The summed E-state index contributed by atoms with van der Waals surface area (Å²) in [5.41, 5.74) is 0.170. The molecule has 0 spiro atoms. The van der Waals surface area contributed by atoms with Gasteiger partial charge in [-0.3, -0.25) is 14.5 Å². The second-order valence-electron chi connectivity index (χ2n) is 5.94. The number of benzene rings is 1. The van der Waals surface area contributed by atoms with Gasteiger partial charge in [0.1, 0.15) is 5.41 Å². The molecule has 0 bridgehead atoms. The standard InChI is InChI=1S/C16H20N2O3/c19-14(16(6-7-16)15(20)21)18-10-8-17(9-11-18)12-13-4-2-1-3-5-13/h1-5H,6-12H2,(H,20,21). The van der Waals surface area contributed by atoms with Gasteiger partial charge in [-0.15, -0.1) is 0 Å². The molecule has 1 aromatic carbocycles. The van der Waals surface area contributed by atoms with E-state index in [1.54, 1.807) is 4.90 Å². The Bertz CT molecular complexity index is 532. The van der Waals surface area contributed by atoms with Crippen LogP contribution in [0.5, 0.6) is 0 Å². The Labute approximate surface area is 124 Å². The Hall–Kier alpha value is -1.88. The van der Waals surface area contributed by atoms with Crippen molar-refractivity contribution in [2.75, 3.05) is 26.2 Å². The van der Waals surface area contributed by atoms with Crippen molar-refractivity contribution in [1.82, 2.24) is 9.80 Å². The van der Waals surface area contributed by atoms with Crippen LogP contribution in [-0.2, 0) is 16.1 Å². The van der Waals surface area contributed by atoms with Crippen molar-refractivity contribution in [3.05, 3.63) is 35.9 Å². The van der Waals surface area contributed by atoms with Gasteiger partial charge < -0.3 is 10.0 Å². The number of carboxylic acids is 1. The summed E-state index contributed by atoms with van der Waals surface area (Å²) in [4.78, 5) is 27.6. The summed E-state index contributed by atoms with van der Waals surface area (Å²) in [5, 5.41) is 9.19. The summed E-state index contributed by atoms with van der Waals surface area (Å²) in [7, 11) is 0. The molecule has 5 nitrogen and oxygen atoms in total. The van der Waals surface area contributed by atoms with E-state index in [1.165, 1.54) is 5.56 Å². The Morgan fingerprint density at radius 2 is 1.67 bits per heavy atom. The topological polar surface area (TPSA) is 60.9 Å². The van der Waals surface area contributed by atoms with Crippen LogP contribution in [0.25, 0.3) is 0 Å². The molecule has 1 aliphatic heterocycles. The summed E-state index contributed by atoms with van der Waals surface area (Å²) in [5.74, 6) is -1.14. The lowest BCUT2D eigenvalue weighted by Crippen LogP contribution is -2.51. The number of piperazine rings is 1. The second-order valence-corrected chi connectivity index (χ2v) is 5.94. The van der Waals surface area contributed by atoms with E-state index in [1.807, 2.05) is 18.2 Å². The predicted molar refractivity (Wildman–Crippen MR) is 77.6 cm³/mol. The van der Waals surface area contributed by atoms with E-state index in [-0.39, 0.29) is 5.91 Å². The van der Waals surface area contributed by atoms with E-state index in [9.17, 15) is 14.7 Å². The quantitative estimate of drug-likeness (QED) is 0.846. The van der Waals surface area contributed by atoms with E-state index < -0.39 is 11.4 Å². The molecule has 1 N–H and O–H groups in total. The SMILES string of the molecule is O=C(O)C1(C(=O)N2CCN(Cc3ccccc3)CC2)CC1. The second kappa shape index (κ2) is 5.48. The van der Waals surface area contributed by atoms with Crippen LogP contribution in [0.4, 0.5) is 0 Å². The maximum Gasteiger partial charge on any atom is 0.319 e. The van der Waals surface area contributed by atoms with Crippen LogP contribution in [-0.4, -0.2) is 53.0 Å². The first-order valence-corrected chi connectivity index (χ1v) is 7.41. The fourth-order valence-corrected chi connectivity index (χ4v) is 2.90. The minimum absolute atomic E-state index is 0.186. The summed E-state index contributed by atoms with van der Waals surface area (Å²) in [6.07, 6.45) is 0.983. The number of carbonyl (C=O) groups excluding carboxylic acids is 1. The van der Waals surface area contributed by atoms with Crippen LogP contribution in [0, 0.1) is 5.41 Å². The molecule has 1 amide bonds. The predicted octanol–water partition coefficient (Wildman–Crippen LogP) is 1.20. The van der Waals surface area contributed by atoms with Gasteiger partial charge in [0.25, 0.3) is 0 Å². The molecule has 0 radical (unpaired) electrons. The van der Waals surface area contributed by atoms with Crippen LogP contribution in [0.2, 0.25) is 0 Å². The highest BCUT2D eigenvalue weighted by atomic mass is 16.4. The fraction of sp³-hybridized carbons (Fsp3) is 0.500. The van der Waals surface area contributed by atoms with E-state index in [0.717, 1.165) is 19.6 Å². The van der Waals surface area contributed by atoms with Crippen molar-refractivity contribution in [3.8, 4) is 0 Å². The van der Waals surface area contributed by atoms with Crippen molar-refractivity contribution in [2.45, 2.75) is 19.4 Å². The van der Waals surface area contributed by atoms with Crippen molar-refractivity contribution in [2.24, 2.45) is 5.41 Å². The van der Waals surface area contributed by atoms with Crippen LogP contribution in [0.1, 0.15) is 18.4 Å². The molecule has 1 aliphatic carbocycles. The Kier molecular flexibility index (Phi) is 3.68. The minimum atomic E-state index is -1.10. The van der Waals surface area contributed by atoms with E-state index in [2.05, 4.69) is 17.0 Å². The third kappa shape index (κ3) is 2.78. The minimum Gasteiger partial charge on any atom is -0.480 e. The van der Waals surface area contributed by atoms with Crippen molar-refractivity contribution in [3.63, 3.8) is 0 Å². The Morgan fingerprint density at radius 1 is 1.05 bits per heavy atom. The Balaban J connectivity index is 1.54. The molecule has 21 heavy (non-hydrogen) atoms. The van der Waals surface area contributed by atoms with Gasteiger partial charge in [0, 0.05) is 32.7 Å². The third-order valence-electron chi connectivity index (χ3n) is 4.48. The van der Waals surface area contributed by atoms with Gasteiger partial charge in [-0.25, -0.2) is 0 Å². The molecular formula is C16H20N2O3. The maximum absolute atomic E-state index is 12.3. The van der Waals surface area contributed by atoms with Gasteiger partial charge >= 0.3 is 5.97 Å². The monoisotopic (exact) mass is 288 g/mol. The molecule has 3 rings (SSSR count). The summed E-state index contributed by atoms with van der Waals surface area (Å²) in [6, 6.07) is 10.3. The summed E-state index contributed by atoms with van der Waals surface area (Å²) in [6.45, 7) is 3.74. The summed E-state index contributed by atoms with van der Waals surface area (Å²) >= 11 is 0. The molecule has 1 aromatic rings. The molecule has 112 valence electrons. The van der Waals surface area contributed by atoms with Gasteiger partial charge in [-0.1, -0.05) is 30.3 Å². The molecule has 1 saturated carbocycles. The lowest BCUT2D eigenvalue weighted by atomic mass is 10.1. The first kappa shape index (κ1) is 14.1. The third-order valence-corrected chi connectivity index (χ3v) is 4.48. The highest BCUT2D eigenvalue weighted by molar-refractivity contribution is 6.04. The molecule has 0 aromatic heterocycles. The largest absolute Gasteiger partial charge is 0.480 e. The van der Waals surface area contributed by atoms with Crippen molar-refractivity contribution in [1.29, 1.82) is 0 Å². The molecule has 0 unspecified atom stereocenters. The number of nitrogens with zero attached hydrogens (tertiary/aromatic N) is 2. The molecule has 1 saturated heterocycles. The first-order valence-electron chi connectivity index (χ1n) is 7.41. The number of carbonyl (C=O) groups is 2. The fourth-order valence-electron chi connectivity index (χ4n) is 2.90. The zero-order chi connectivity index (χ0) is 14.9. The highest BCUT2D eigenvalue weighted by Crippen LogP contribution is 2.47. The number of hydrogen-bond donors (Lipinski definition) is 1. The molecule has 0 atom stereocenters. The molecule has 5 heteroatoms. The van der Waals surface area contributed by atoms with Gasteiger partial charge in [0.15, 0.2) is 0 Å². The average Bonchev–Trinajstić information content (AvgIpc) is 3.30. The number of amides is 1. The molecule has 1 heterocycles. The Morgan fingerprint density at radius 3 is 2.19 bits per heavy atom.